The van der Waals surface area contributed by atoms with E-state index in [1.165, 1.54) is 0 Å². The average Bonchev–Trinajstić information content (AvgIpc) is 3.04. The number of halogens is 2. The van der Waals surface area contributed by atoms with Crippen molar-refractivity contribution in [1.29, 1.82) is 0 Å². The zero-order valence-corrected chi connectivity index (χ0v) is 17.6. The highest BCUT2D eigenvalue weighted by atomic mass is 35.5. The maximum atomic E-state index is 13.1. The van der Waals surface area contributed by atoms with E-state index in [2.05, 4.69) is 34.5 Å². The van der Waals surface area contributed by atoms with Gasteiger partial charge >= 0.3 is 0 Å². The van der Waals surface area contributed by atoms with Gasteiger partial charge in [0.15, 0.2) is 5.69 Å². The minimum atomic E-state index is -0.0621. The van der Waals surface area contributed by atoms with Crippen molar-refractivity contribution >= 4 is 41.6 Å². The van der Waals surface area contributed by atoms with Crippen LogP contribution in [-0.4, -0.2) is 56.0 Å². The largest absolute Gasteiger partial charge is 0.332 e. The fraction of sp³-hybridized carbons (Fsp3) is 0.368. The van der Waals surface area contributed by atoms with Gasteiger partial charge in [-0.3, -0.25) is 9.78 Å². The summed E-state index contributed by atoms with van der Waals surface area (Å²) in [6.45, 7) is 7.51. The molecule has 1 aliphatic heterocycles. The van der Waals surface area contributed by atoms with E-state index >= 15 is 0 Å². The molecule has 0 radical (unpaired) electrons. The molecule has 1 aliphatic rings. The zero-order chi connectivity index (χ0) is 18.3. The molecule has 2 unspecified atom stereocenters. The Balaban J connectivity index is 0.00000140. The van der Waals surface area contributed by atoms with Crippen LogP contribution in [0, 0.1) is 6.92 Å². The Hall–Kier alpha value is -2.22. The molecule has 9 heteroatoms. The Kier molecular flexibility index (Phi) is 6.98. The number of nitrogens with zero attached hydrogens (tertiary/aromatic N) is 5. The second-order valence-corrected chi connectivity index (χ2v) is 6.76. The van der Waals surface area contributed by atoms with Crippen molar-refractivity contribution in [3.8, 4) is 5.69 Å². The van der Waals surface area contributed by atoms with Crippen LogP contribution in [0.15, 0.2) is 36.5 Å². The number of hydrogen-bond acceptors (Lipinski definition) is 5. The molecule has 4 rings (SSSR count). The molecular weight excluding hydrogens is 399 g/mol. The Bertz CT molecular complexity index is 971. The van der Waals surface area contributed by atoms with Crippen LogP contribution in [0.4, 0.5) is 0 Å². The first-order valence-electron chi connectivity index (χ1n) is 8.88. The van der Waals surface area contributed by atoms with E-state index in [1.807, 2.05) is 42.2 Å². The number of fused-ring (bicyclic) bond motifs is 1. The number of pyridine rings is 1. The number of rotatable bonds is 2. The number of benzene rings is 1. The van der Waals surface area contributed by atoms with Crippen molar-refractivity contribution in [1.82, 2.24) is 30.2 Å². The SMILES string of the molecule is Cc1c(C(=O)N2CCNC(C)C2C)nnn1-c1cccc2ncccc12.Cl.Cl. The molecule has 0 spiro atoms. The fourth-order valence-electron chi connectivity index (χ4n) is 3.51. The highest BCUT2D eigenvalue weighted by molar-refractivity contribution is 5.94. The summed E-state index contributed by atoms with van der Waals surface area (Å²) in [4.78, 5) is 19.3. The summed E-state index contributed by atoms with van der Waals surface area (Å²) in [7, 11) is 0. The van der Waals surface area contributed by atoms with Crippen LogP contribution < -0.4 is 5.32 Å². The number of carbonyl (C=O) groups excluding carboxylic acids is 1. The number of aromatic nitrogens is 4. The van der Waals surface area contributed by atoms with E-state index in [0.717, 1.165) is 28.8 Å². The van der Waals surface area contributed by atoms with E-state index < -0.39 is 0 Å². The van der Waals surface area contributed by atoms with Gasteiger partial charge in [0.25, 0.3) is 5.91 Å². The molecule has 1 saturated heterocycles. The van der Waals surface area contributed by atoms with Crippen molar-refractivity contribution in [3.63, 3.8) is 0 Å². The summed E-state index contributed by atoms with van der Waals surface area (Å²) in [5.74, 6) is -0.0621. The van der Waals surface area contributed by atoms with Gasteiger partial charge in [0.05, 0.1) is 16.9 Å². The van der Waals surface area contributed by atoms with Gasteiger partial charge in [-0.25, -0.2) is 4.68 Å². The first kappa shape index (κ1) is 22.1. The lowest BCUT2D eigenvalue weighted by Crippen LogP contribution is -2.57. The second kappa shape index (κ2) is 8.86. The predicted octanol–water partition coefficient (Wildman–Crippen LogP) is 2.79. The van der Waals surface area contributed by atoms with Gasteiger partial charge in [-0.15, -0.1) is 29.9 Å². The Morgan fingerprint density at radius 3 is 2.75 bits per heavy atom. The average molecular weight is 423 g/mol. The molecule has 1 aromatic carbocycles. The van der Waals surface area contributed by atoms with Gasteiger partial charge in [-0.05, 0) is 45.0 Å². The van der Waals surface area contributed by atoms with Crippen LogP contribution in [0.3, 0.4) is 0 Å². The molecule has 3 heterocycles. The molecule has 1 fully saturated rings. The topological polar surface area (TPSA) is 75.9 Å². The van der Waals surface area contributed by atoms with E-state index in [9.17, 15) is 4.79 Å². The Morgan fingerprint density at radius 1 is 1.18 bits per heavy atom. The molecule has 0 saturated carbocycles. The molecular formula is C19H24Cl2N6O. The molecule has 1 amide bonds. The summed E-state index contributed by atoms with van der Waals surface area (Å²) in [6, 6.07) is 10.1. The van der Waals surface area contributed by atoms with Gasteiger partial charge in [0, 0.05) is 36.8 Å². The third-order valence-electron chi connectivity index (χ3n) is 5.24. The monoisotopic (exact) mass is 422 g/mol. The van der Waals surface area contributed by atoms with Crippen molar-refractivity contribution in [2.45, 2.75) is 32.9 Å². The van der Waals surface area contributed by atoms with Crippen molar-refractivity contribution in [2.75, 3.05) is 13.1 Å². The van der Waals surface area contributed by atoms with Crippen LogP contribution in [-0.2, 0) is 0 Å². The van der Waals surface area contributed by atoms with Crippen LogP contribution in [0.2, 0.25) is 0 Å². The summed E-state index contributed by atoms with van der Waals surface area (Å²) < 4.78 is 1.73. The highest BCUT2D eigenvalue weighted by Gasteiger charge is 2.31. The van der Waals surface area contributed by atoms with Crippen molar-refractivity contribution in [2.24, 2.45) is 0 Å². The molecule has 1 N–H and O–H groups in total. The second-order valence-electron chi connectivity index (χ2n) is 6.76. The maximum absolute atomic E-state index is 13.1. The normalized spacial score (nSPS) is 19.0. The van der Waals surface area contributed by atoms with Crippen LogP contribution in [0.5, 0.6) is 0 Å². The van der Waals surface area contributed by atoms with Crippen molar-refractivity contribution < 1.29 is 4.79 Å². The maximum Gasteiger partial charge on any atom is 0.276 e. The molecule has 2 aromatic heterocycles. The molecule has 28 heavy (non-hydrogen) atoms. The lowest BCUT2D eigenvalue weighted by Gasteiger charge is -2.38. The minimum Gasteiger partial charge on any atom is -0.332 e. The van der Waals surface area contributed by atoms with Crippen LogP contribution >= 0.6 is 24.8 Å². The van der Waals surface area contributed by atoms with E-state index in [-0.39, 0.29) is 42.8 Å². The van der Waals surface area contributed by atoms with E-state index in [4.69, 9.17) is 0 Å². The van der Waals surface area contributed by atoms with Gasteiger partial charge in [-0.1, -0.05) is 11.3 Å². The number of piperazine rings is 1. The molecule has 0 aliphatic carbocycles. The highest BCUT2D eigenvalue weighted by Crippen LogP contribution is 2.23. The quantitative estimate of drug-likeness (QED) is 0.686. The zero-order valence-electron chi connectivity index (χ0n) is 16.0. The predicted molar refractivity (Wildman–Crippen MR) is 114 cm³/mol. The lowest BCUT2D eigenvalue weighted by atomic mass is 10.1. The van der Waals surface area contributed by atoms with E-state index in [1.54, 1.807) is 10.9 Å². The number of amides is 1. The van der Waals surface area contributed by atoms with Gasteiger partial charge < -0.3 is 10.2 Å². The van der Waals surface area contributed by atoms with Gasteiger partial charge in [0.1, 0.15) is 0 Å². The van der Waals surface area contributed by atoms with Gasteiger partial charge in [0.2, 0.25) is 0 Å². The third-order valence-corrected chi connectivity index (χ3v) is 5.24. The van der Waals surface area contributed by atoms with Crippen LogP contribution in [0.1, 0.15) is 30.0 Å². The summed E-state index contributed by atoms with van der Waals surface area (Å²) in [5.41, 5.74) is 2.91. The molecule has 2 atom stereocenters. The standard InChI is InChI=1S/C19H22N6O.2ClH/c1-12-13(2)24(11-10-20-12)19(26)18-14(3)25(23-22-18)17-8-4-7-16-15(17)6-5-9-21-16;;/h4-9,12-13,20H,10-11H2,1-3H3;2*1H. The van der Waals surface area contributed by atoms with Crippen molar-refractivity contribution in [3.05, 3.63) is 47.9 Å². The lowest BCUT2D eigenvalue weighted by molar-refractivity contribution is 0.0596. The first-order chi connectivity index (χ1) is 12.6. The number of hydrogen-bond donors (Lipinski definition) is 1. The minimum absolute atomic E-state index is 0. The number of nitrogens with one attached hydrogen (secondary N) is 1. The smallest absolute Gasteiger partial charge is 0.276 e. The van der Waals surface area contributed by atoms with E-state index in [0.29, 0.717) is 12.2 Å². The Morgan fingerprint density at radius 2 is 1.96 bits per heavy atom. The molecule has 150 valence electrons. The molecule has 3 aromatic rings. The third kappa shape index (κ3) is 3.70. The summed E-state index contributed by atoms with van der Waals surface area (Å²) in [5, 5.41) is 12.9. The fourth-order valence-corrected chi connectivity index (χ4v) is 3.51. The Labute approximate surface area is 176 Å². The van der Waals surface area contributed by atoms with Crippen LogP contribution in [0.25, 0.3) is 16.6 Å². The summed E-state index contributed by atoms with van der Waals surface area (Å²) in [6.07, 6.45) is 1.77. The number of carbonyl (C=O) groups is 1. The molecule has 7 nitrogen and oxygen atoms in total. The molecule has 0 bridgehead atoms. The summed E-state index contributed by atoms with van der Waals surface area (Å²) >= 11 is 0. The van der Waals surface area contributed by atoms with Gasteiger partial charge in [-0.2, -0.15) is 0 Å². The first-order valence-corrected chi connectivity index (χ1v) is 8.88.